The molecule has 3 N–H and O–H groups in total. The first-order valence-corrected chi connectivity index (χ1v) is 8.53. The van der Waals surface area contributed by atoms with Gasteiger partial charge in [0.25, 0.3) is 5.82 Å². The molecule has 0 radical (unpaired) electrons. The largest absolute Gasteiger partial charge is 0.394 e. The molecule has 0 spiro atoms. The van der Waals surface area contributed by atoms with Crippen LogP contribution in [0.4, 0.5) is 5.82 Å². The second-order valence-electron chi connectivity index (χ2n) is 4.81. The number of ether oxygens (including phenoxy) is 1. The highest BCUT2D eigenvalue weighted by Crippen LogP contribution is 2.19. The van der Waals surface area contributed by atoms with Gasteiger partial charge in [0.05, 0.1) is 19.8 Å². The Hall–Kier alpha value is -1.22. The van der Waals surface area contributed by atoms with Crippen LogP contribution in [0.25, 0.3) is 0 Å². The summed E-state index contributed by atoms with van der Waals surface area (Å²) in [7, 11) is -3.37. The zero-order valence-corrected chi connectivity index (χ0v) is 12.7. The monoisotopic (exact) mass is 316 g/mol. The Morgan fingerprint density at radius 2 is 2.05 bits per heavy atom. The van der Waals surface area contributed by atoms with E-state index < -0.39 is 10.0 Å². The summed E-state index contributed by atoms with van der Waals surface area (Å²) in [5.41, 5.74) is 0. The van der Waals surface area contributed by atoms with Gasteiger partial charge in [-0.15, -0.1) is 0 Å². The van der Waals surface area contributed by atoms with Crippen LogP contribution in [-0.2, 0) is 14.8 Å². The fourth-order valence-corrected chi connectivity index (χ4v) is 3.67. The van der Waals surface area contributed by atoms with Gasteiger partial charge in [0.1, 0.15) is 17.6 Å². The molecule has 1 aromatic rings. The van der Waals surface area contributed by atoms with Crippen molar-refractivity contribution in [2.24, 2.45) is 0 Å². The Morgan fingerprint density at radius 1 is 1.29 bits per heavy atom. The van der Waals surface area contributed by atoms with Crippen LogP contribution in [0.3, 0.4) is 0 Å². The van der Waals surface area contributed by atoms with Crippen molar-refractivity contribution in [3.63, 3.8) is 0 Å². The van der Waals surface area contributed by atoms with E-state index in [1.54, 1.807) is 12.1 Å². The number of hydrogen-bond acceptors (Lipinski definition) is 5. The van der Waals surface area contributed by atoms with Crippen LogP contribution in [0, 0.1) is 0 Å². The van der Waals surface area contributed by atoms with Crippen molar-refractivity contribution in [3.05, 3.63) is 18.3 Å². The summed E-state index contributed by atoms with van der Waals surface area (Å²) < 4.78 is 31.3. The summed E-state index contributed by atoms with van der Waals surface area (Å²) in [5.74, 6) is 0.725. The number of aliphatic hydroxyl groups is 1. The Morgan fingerprint density at radius 3 is 2.67 bits per heavy atom. The number of aromatic nitrogens is 1. The first-order chi connectivity index (χ1) is 10.1. The van der Waals surface area contributed by atoms with E-state index in [9.17, 15) is 8.42 Å². The molecule has 0 saturated carbocycles. The summed E-state index contributed by atoms with van der Waals surface area (Å²) in [6.45, 7) is 2.58. The van der Waals surface area contributed by atoms with Crippen LogP contribution >= 0.6 is 0 Å². The van der Waals surface area contributed by atoms with Gasteiger partial charge >= 0.3 is 0 Å². The molecule has 1 aliphatic heterocycles. The minimum Gasteiger partial charge on any atom is -0.394 e. The van der Waals surface area contributed by atoms with E-state index in [1.165, 1.54) is 10.5 Å². The smallest absolute Gasteiger partial charge is 0.272 e. The van der Waals surface area contributed by atoms with E-state index in [4.69, 9.17) is 9.84 Å². The second-order valence-corrected chi connectivity index (χ2v) is 6.75. The van der Waals surface area contributed by atoms with Crippen molar-refractivity contribution < 1.29 is 23.2 Å². The van der Waals surface area contributed by atoms with Gasteiger partial charge < -0.3 is 9.84 Å². The van der Waals surface area contributed by atoms with Crippen LogP contribution in [0.5, 0.6) is 0 Å². The van der Waals surface area contributed by atoms with Crippen LogP contribution in [0.15, 0.2) is 23.2 Å². The molecule has 0 amide bonds. The third-order valence-electron chi connectivity index (χ3n) is 3.28. The molecule has 21 heavy (non-hydrogen) atoms. The number of anilines is 1. The molecule has 0 atom stereocenters. The van der Waals surface area contributed by atoms with Gasteiger partial charge in [0.15, 0.2) is 0 Å². The average molecular weight is 316 g/mol. The minimum atomic E-state index is -3.37. The predicted octanol–water partition coefficient (Wildman–Crippen LogP) is -0.294. The maximum Gasteiger partial charge on any atom is 0.272 e. The Balaban J connectivity index is 1.89. The van der Waals surface area contributed by atoms with E-state index in [-0.39, 0.29) is 11.5 Å². The Bertz CT molecular complexity index is 527. The molecule has 118 valence electrons. The summed E-state index contributed by atoms with van der Waals surface area (Å²) in [5, 5.41) is 11.6. The number of pyridine rings is 1. The third kappa shape index (κ3) is 4.37. The lowest BCUT2D eigenvalue weighted by atomic mass is 10.4. The zero-order valence-electron chi connectivity index (χ0n) is 11.9. The van der Waals surface area contributed by atoms with Crippen molar-refractivity contribution in [1.29, 1.82) is 0 Å². The molecule has 1 saturated heterocycles. The number of sulfonamides is 1. The van der Waals surface area contributed by atoms with Crippen LogP contribution in [0.2, 0.25) is 0 Å². The molecule has 2 rings (SSSR count). The van der Waals surface area contributed by atoms with E-state index in [0.29, 0.717) is 32.8 Å². The van der Waals surface area contributed by atoms with Gasteiger partial charge in [-0.2, -0.15) is 4.31 Å². The first kappa shape index (κ1) is 16.2. The number of rotatable bonds is 8. The van der Waals surface area contributed by atoms with E-state index >= 15 is 0 Å². The van der Waals surface area contributed by atoms with Gasteiger partial charge in [0, 0.05) is 19.2 Å². The molecule has 0 aliphatic carbocycles. The van der Waals surface area contributed by atoms with Gasteiger partial charge in [-0.1, -0.05) is 0 Å². The van der Waals surface area contributed by atoms with Crippen LogP contribution in [-0.4, -0.2) is 57.3 Å². The standard InChI is InChI=1S/C13H21N3O4S/c17-8-10-20-9-5-14-13-4-3-12(11-15-13)21(18,19)16-6-1-2-7-16/h3-4,11,17H,1-2,5-10H2,(H,14,15)/p+1. The molecule has 1 aliphatic rings. The summed E-state index contributed by atoms with van der Waals surface area (Å²) >= 11 is 0. The summed E-state index contributed by atoms with van der Waals surface area (Å²) in [6.07, 6.45) is 3.36. The molecule has 8 heteroatoms. The second kappa shape index (κ2) is 7.69. The molecule has 0 bridgehead atoms. The number of aromatic amines is 1. The number of aliphatic hydroxyl groups excluding tert-OH is 1. The highest BCUT2D eigenvalue weighted by molar-refractivity contribution is 7.89. The fourth-order valence-electron chi connectivity index (χ4n) is 2.18. The van der Waals surface area contributed by atoms with Gasteiger partial charge in [-0.05, 0) is 18.9 Å². The average Bonchev–Trinajstić information content (AvgIpc) is 3.02. The topological polar surface area (TPSA) is 93.0 Å². The number of hydrogen-bond donors (Lipinski definition) is 2. The first-order valence-electron chi connectivity index (χ1n) is 7.09. The lowest BCUT2D eigenvalue weighted by Crippen LogP contribution is -2.29. The molecule has 7 nitrogen and oxygen atoms in total. The molecule has 1 aromatic heterocycles. The molecule has 2 heterocycles. The van der Waals surface area contributed by atoms with Gasteiger partial charge in [-0.25, -0.2) is 13.4 Å². The van der Waals surface area contributed by atoms with Crippen LogP contribution < -0.4 is 10.3 Å². The predicted molar refractivity (Wildman–Crippen MR) is 77.4 cm³/mol. The van der Waals surface area contributed by atoms with Crippen molar-refractivity contribution >= 4 is 15.8 Å². The summed E-state index contributed by atoms with van der Waals surface area (Å²) in [6, 6.07) is 3.30. The highest BCUT2D eigenvalue weighted by atomic mass is 32.2. The molecular formula is C13H22N3O4S+. The lowest BCUT2D eigenvalue weighted by molar-refractivity contribution is -0.364. The number of nitrogens with zero attached hydrogens (tertiary/aromatic N) is 1. The van der Waals surface area contributed by atoms with Crippen molar-refractivity contribution in [2.45, 2.75) is 17.7 Å². The Kier molecular flexibility index (Phi) is 5.92. The molecular weight excluding hydrogens is 294 g/mol. The maximum atomic E-state index is 12.3. The van der Waals surface area contributed by atoms with E-state index in [0.717, 1.165) is 18.7 Å². The normalized spacial score (nSPS) is 16.2. The highest BCUT2D eigenvalue weighted by Gasteiger charge is 2.27. The minimum absolute atomic E-state index is 0.00911. The van der Waals surface area contributed by atoms with Crippen molar-refractivity contribution in [2.75, 3.05) is 44.8 Å². The molecule has 0 aromatic carbocycles. The van der Waals surface area contributed by atoms with Gasteiger partial charge in [0.2, 0.25) is 10.0 Å². The molecule has 1 fully saturated rings. The van der Waals surface area contributed by atoms with E-state index in [2.05, 4.69) is 10.3 Å². The number of H-pyrrole nitrogens is 1. The quantitative estimate of drug-likeness (QED) is 0.643. The summed E-state index contributed by atoms with van der Waals surface area (Å²) in [4.78, 5) is 3.22. The number of nitrogens with one attached hydrogen (secondary N) is 2. The van der Waals surface area contributed by atoms with Gasteiger partial charge in [-0.3, -0.25) is 5.32 Å². The maximum absolute atomic E-state index is 12.3. The molecule has 0 unspecified atom stereocenters. The third-order valence-corrected chi connectivity index (χ3v) is 5.18. The SMILES string of the molecule is O=S(=O)(c1ccc(NCCOCCO)[nH+]c1)N1CCCC1. The zero-order chi connectivity index (χ0) is 15.1. The van der Waals surface area contributed by atoms with E-state index in [1.807, 2.05) is 0 Å². The lowest BCUT2D eigenvalue weighted by Gasteiger charge is -2.14. The Labute approximate surface area is 125 Å². The van der Waals surface area contributed by atoms with Crippen molar-refractivity contribution in [3.8, 4) is 0 Å². The van der Waals surface area contributed by atoms with Crippen molar-refractivity contribution in [1.82, 2.24) is 4.31 Å². The van der Waals surface area contributed by atoms with Crippen LogP contribution in [0.1, 0.15) is 12.8 Å². The fraction of sp³-hybridized carbons (Fsp3) is 0.615.